The molecule has 0 aromatic heterocycles. The van der Waals surface area contributed by atoms with Crippen molar-refractivity contribution in [2.45, 2.75) is 44.3 Å². The molecule has 1 amide bonds. The third-order valence-electron chi connectivity index (χ3n) is 3.71. The summed E-state index contributed by atoms with van der Waals surface area (Å²) in [5, 5.41) is 0. The maximum Gasteiger partial charge on any atom is 0.222 e. The first-order valence-corrected chi connectivity index (χ1v) is 7.00. The summed E-state index contributed by atoms with van der Waals surface area (Å²) in [4.78, 5) is 14.0. The number of morpholine rings is 1. The summed E-state index contributed by atoms with van der Waals surface area (Å²) >= 11 is 0. The van der Waals surface area contributed by atoms with Crippen LogP contribution in [0.5, 0.6) is 0 Å². The van der Waals surface area contributed by atoms with Crippen LogP contribution < -0.4 is 5.73 Å². The molecule has 2 aliphatic heterocycles. The predicted molar refractivity (Wildman–Crippen MR) is 68.2 cm³/mol. The average Bonchev–Trinajstić information content (AvgIpc) is 2.46. The Labute approximate surface area is 109 Å². The minimum absolute atomic E-state index is 0.00799. The maximum absolute atomic E-state index is 12.1. The molecular formula is C13H24N2O3. The van der Waals surface area contributed by atoms with E-state index in [1.165, 1.54) is 6.42 Å². The summed E-state index contributed by atoms with van der Waals surface area (Å²) < 4.78 is 11.1. The first kappa shape index (κ1) is 13.8. The van der Waals surface area contributed by atoms with Crippen LogP contribution in [0.2, 0.25) is 0 Å². The van der Waals surface area contributed by atoms with Crippen molar-refractivity contribution in [1.29, 1.82) is 0 Å². The normalized spacial score (nSPS) is 29.3. The van der Waals surface area contributed by atoms with Gasteiger partial charge in [0.15, 0.2) is 0 Å². The fraction of sp³-hybridized carbons (Fsp3) is 0.923. The zero-order valence-corrected chi connectivity index (χ0v) is 11.0. The molecule has 2 saturated heterocycles. The van der Waals surface area contributed by atoms with Gasteiger partial charge in [0.1, 0.15) is 0 Å². The number of carbonyl (C=O) groups excluding carboxylic acids is 1. The van der Waals surface area contributed by atoms with E-state index in [4.69, 9.17) is 15.2 Å². The van der Waals surface area contributed by atoms with Crippen LogP contribution in [0.15, 0.2) is 0 Å². The van der Waals surface area contributed by atoms with E-state index in [2.05, 4.69) is 0 Å². The number of hydrogen-bond donors (Lipinski definition) is 1. The van der Waals surface area contributed by atoms with Gasteiger partial charge in [0.2, 0.25) is 5.91 Å². The molecule has 0 spiro atoms. The summed E-state index contributed by atoms with van der Waals surface area (Å²) in [6.45, 7) is 3.27. The first-order chi connectivity index (χ1) is 8.79. The van der Waals surface area contributed by atoms with E-state index >= 15 is 0 Å². The third kappa shape index (κ3) is 3.93. The Morgan fingerprint density at radius 2 is 2.06 bits per heavy atom. The predicted octanol–water partition coefficient (Wildman–Crippen LogP) is 0.522. The number of amides is 1. The number of rotatable bonds is 4. The molecule has 5 nitrogen and oxygen atoms in total. The van der Waals surface area contributed by atoms with E-state index in [0.717, 1.165) is 25.9 Å². The molecule has 0 saturated carbocycles. The van der Waals surface area contributed by atoms with Gasteiger partial charge in [-0.2, -0.15) is 0 Å². The van der Waals surface area contributed by atoms with E-state index in [1.54, 1.807) is 0 Å². The largest absolute Gasteiger partial charge is 0.378 e. The smallest absolute Gasteiger partial charge is 0.222 e. The highest BCUT2D eigenvalue weighted by molar-refractivity contribution is 5.76. The molecule has 0 radical (unpaired) electrons. The number of nitrogens with zero attached hydrogens (tertiary/aromatic N) is 1. The summed E-state index contributed by atoms with van der Waals surface area (Å²) in [6, 6.07) is 0. The zero-order chi connectivity index (χ0) is 12.8. The number of nitrogens with two attached hydrogens (primary N) is 1. The highest BCUT2D eigenvalue weighted by atomic mass is 16.5. The van der Waals surface area contributed by atoms with Gasteiger partial charge < -0.3 is 20.1 Å². The van der Waals surface area contributed by atoms with Crippen molar-refractivity contribution in [1.82, 2.24) is 4.90 Å². The fourth-order valence-corrected chi connectivity index (χ4v) is 2.57. The van der Waals surface area contributed by atoms with Crippen LogP contribution in [0.4, 0.5) is 0 Å². The van der Waals surface area contributed by atoms with Crippen LogP contribution in [-0.2, 0) is 14.3 Å². The molecule has 0 aromatic rings. The Morgan fingerprint density at radius 1 is 1.22 bits per heavy atom. The lowest BCUT2D eigenvalue weighted by molar-refractivity contribution is -0.139. The van der Waals surface area contributed by atoms with Crippen molar-refractivity contribution in [3.63, 3.8) is 0 Å². The minimum Gasteiger partial charge on any atom is -0.378 e. The standard InChI is InChI=1S/C13H24N2O3/c14-9-12-10-15(6-8-18-12)13(16)5-4-11-3-1-2-7-17-11/h11-12H,1-10,14H2. The average molecular weight is 256 g/mol. The summed E-state index contributed by atoms with van der Waals surface area (Å²) in [5.74, 6) is 0.214. The van der Waals surface area contributed by atoms with Gasteiger partial charge in [-0.05, 0) is 25.7 Å². The number of ether oxygens (including phenoxy) is 2. The highest BCUT2D eigenvalue weighted by Crippen LogP contribution is 2.18. The van der Waals surface area contributed by atoms with E-state index in [9.17, 15) is 4.79 Å². The molecule has 2 heterocycles. The van der Waals surface area contributed by atoms with Gasteiger partial charge in [-0.3, -0.25) is 4.79 Å². The van der Waals surface area contributed by atoms with Gasteiger partial charge in [0.05, 0.1) is 18.8 Å². The Hall–Kier alpha value is -0.650. The van der Waals surface area contributed by atoms with Gasteiger partial charge in [-0.25, -0.2) is 0 Å². The molecule has 2 aliphatic rings. The second kappa shape index (κ2) is 7.07. The molecule has 104 valence electrons. The number of carbonyl (C=O) groups is 1. The van der Waals surface area contributed by atoms with Crippen molar-refractivity contribution < 1.29 is 14.3 Å². The van der Waals surface area contributed by atoms with Gasteiger partial charge in [0, 0.05) is 32.7 Å². The fourth-order valence-electron chi connectivity index (χ4n) is 2.57. The van der Waals surface area contributed by atoms with Gasteiger partial charge in [-0.1, -0.05) is 0 Å². The van der Waals surface area contributed by atoms with Crippen LogP contribution in [0.3, 0.4) is 0 Å². The van der Waals surface area contributed by atoms with Gasteiger partial charge >= 0.3 is 0 Å². The monoisotopic (exact) mass is 256 g/mol. The lowest BCUT2D eigenvalue weighted by atomic mass is 10.0. The van der Waals surface area contributed by atoms with Crippen molar-refractivity contribution in [2.75, 3.05) is 32.8 Å². The highest BCUT2D eigenvalue weighted by Gasteiger charge is 2.24. The number of hydrogen-bond acceptors (Lipinski definition) is 4. The lowest BCUT2D eigenvalue weighted by Crippen LogP contribution is -2.48. The Kier molecular flexibility index (Phi) is 5.41. The Morgan fingerprint density at radius 3 is 2.78 bits per heavy atom. The zero-order valence-electron chi connectivity index (χ0n) is 11.0. The van der Waals surface area contributed by atoms with E-state index < -0.39 is 0 Å². The molecule has 2 fully saturated rings. The quantitative estimate of drug-likeness (QED) is 0.796. The van der Waals surface area contributed by atoms with Crippen LogP contribution in [0.1, 0.15) is 32.1 Å². The van der Waals surface area contributed by atoms with E-state index in [-0.39, 0.29) is 18.1 Å². The Bertz CT molecular complexity index is 267. The molecule has 2 unspecified atom stereocenters. The van der Waals surface area contributed by atoms with E-state index in [1.807, 2.05) is 4.90 Å². The molecular weight excluding hydrogens is 232 g/mol. The van der Waals surface area contributed by atoms with Crippen molar-refractivity contribution in [3.8, 4) is 0 Å². The summed E-state index contributed by atoms with van der Waals surface area (Å²) in [7, 11) is 0. The van der Waals surface area contributed by atoms with Crippen molar-refractivity contribution in [2.24, 2.45) is 5.73 Å². The molecule has 0 aromatic carbocycles. The molecule has 5 heteroatoms. The van der Waals surface area contributed by atoms with E-state index in [0.29, 0.717) is 32.7 Å². The molecule has 0 bridgehead atoms. The summed E-state index contributed by atoms with van der Waals surface area (Å²) in [5.41, 5.74) is 5.57. The molecule has 18 heavy (non-hydrogen) atoms. The molecule has 0 aliphatic carbocycles. The van der Waals surface area contributed by atoms with Gasteiger partial charge in [0.25, 0.3) is 0 Å². The van der Waals surface area contributed by atoms with Crippen LogP contribution in [-0.4, -0.2) is 55.9 Å². The van der Waals surface area contributed by atoms with Crippen LogP contribution >= 0.6 is 0 Å². The minimum atomic E-state index is 0.00799. The van der Waals surface area contributed by atoms with Crippen LogP contribution in [0, 0.1) is 0 Å². The summed E-state index contributed by atoms with van der Waals surface area (Å²) in [6.07, 6.45) is 5.22. The first-order valence-electron chi connectivity index (χ1n) is 7.00. The van der Waals surface area contributed by atoms with Gasteiger partial charge in [-0.15, -0.1) is 0 Å². The second-order valence-corrected chi connectivity index (χ2v) is 5.10. The second-order valence-electron chi connectivity index (χ2n) is 5.10. The van der Waals surface area contributed by atoms with Crippen molar-refractivity contribution in [3.05, 3.63) is 0 Å². The third-order valence-corrected chi connectivity index (χ3v) is 3.71. The molecule has 2 rings (SSSR count). The topological polar surface area (TPSA) is 64.8 Å². The molecule has 2 atom stereocenters. The van der Waals surface area contributed by atoms with Crippen LogP contribution in [0.25, 0.3) is 0 Å². The van der Waals surface area contributed by atoms with Crippen molar-refractivity contribution >= 4 is 5.91 Å². The lowest BCUT2D eigenvalue weighted by Gasteiger charge is -2.33. The SMILES string of the molecule is NCC1CN(C(=O)CCC2CCCCO2)CCO1. The molecule has 2 N–H and O–H groups in total. The maximum atomic E-state index is 12.1. The Balaban J connectivity index is 1.70.